The predicted octanol–water partition coefficient (Wildman–Crippen LogP) is 3.52. The van der Waals surface area contributed by atoms with Crippen LogP contribution in [0, 0.1) is 11.3 Å². The molecule has 0 saturated heterocycles. The van der Waals surface area contributed by atoms with Gasteiger partial charge in [0.15, 0.2) is 0 Å². The van der Waals surface area contributed by atoms with Crippen molar-refractivity contribution in [2.75, 3.05) is 11.9 Å². The highest BCUT2D eigenvalue weighted by atomic mass is 19.1. The fourth-order valence-electron chi connectivity index (χ4n) is 2.73. The zero-order valence-electron chi connectivity index (χ0n) is 14.3. The van der Waals surface area contributed by atoms with E-state index in [0.717, 1.165) is 6.42 Å². The highest BCUT2D eigenvalue weighted by molar-refractivity contribution is 6.06. The second kappa shape index (κ2) is 6.70. The minimum Gasteiger partial charge on any atom is -0.492 e. The normalized spacial score (nSPS) is 17.8. The van der Waals surface area contributed by atoms with E-state index in [1.54, 1.807) is 24.3 Å². The lowest BCUT2D eigenvalue weighted by molar-refractivity contribution is 0.102. The van der Waals surface area contributed by atoms with Crippen LogP contribution in [-0.2, 0) is 6.67 Å². The summed E-state index contributed by atoms with van der Waals surface area (Å²) in [4.78, 5) is 26.4. The number of anilines is 1. The molecule has 3 rings (SSSR count). The number of nitrogens with one attached hydrogen (secondary N) is 2. The third kappa shape index (κ3) is 4.07. The van der Waals surface area contributed by atoms with Crippen molar-refractivity contribution in [1.29, 1.82) is 0 Å². The van der Waals surface area contributed by atoms with Gasteiger partial charge in [0.05, 0.1) is 12.2 Å². The molecule has 5 nitrogen and oxygen atoms in total. The van der Waals surface area contributed by atoms with Crippen LogP contribution in [0.3, 0.4) is 0 Å². The molecule has 2 N–H and O–H groups in total. The summed E-state index contributed by atoms with van der Waals surface area (Å²) < 4.78 is 18.8. The number of aromatic nitrogens is 1. The molecule has 1 aliphatic rings. The topological polar surface area (TPSA) is 71.2 Å². The van der Waals surface area contributed by atoms with Crippen molar-refractivity contribution < 1.29 is 13.9 Å². The average Bonchev–Trinajstić information content (AvgIpc) is 3.19. The third-order valence-electron chi connectivity index (χ3n) is 4.64. The molecule has 1 amide bonds. The van der Waals surface area contributed by atoms with E-state index in [4.69, 9.17) is 4.74 Å². The van der Waals surface area contributed by atoms with E-state index in [9.17, 15) is 14.0 Å². The van der Waals surface area contributed by atoms with Gasteiger partial charge in [0.2, 0.25) is 5.56 Å². The zero-order chi connectivity index (χ0) is 18.0. The number of rotatable bonds is 6. The Labute approximate surface area is 145 Å². The van der Waals surface area contributed by atoms with Crippen LogP contribution in [0.15, 0.2) is 41.3 Å². The van der Waals surface area contributed by atoms with Crippen molar-refractivity contribution >= 4 is 11.6 Å². The number of pyridine rings is 1. The highest BCUT2D eigenvalue weighted by Crippen LogP contribution is 2.51. The Balaban J connectivity index is 1.78. The zero-order valence-corrected chi connectivity index (χ0v) is 14.3. The average molecular weight is 344 g/mol. The molecular weight excluding hydrogens is 323 g/mol. The lowest BCUT2D eigenvalue weighted by Gasteiger charge is -2.13. The van der Waals surface area contributed by atoms with Crippen LogP contribution in [0.25, 0.3) is 0 Å². The number of carbonyl (C=O) groups is 1. The maximum atomic E-state index is 13.0. The van der Waals surface area contributed by atoms with E-state index >= 15 is 0 Å². The first kappa shape index (κ1) is 17.2. The number of aromatic amines is 1. The van der Waals surface area contributed by atoms with Crippen LogP contribution in [0.4, 0.5) is 10.1 Å². The summed E-state index contributed by atoms with van der Waals surface area (Å²) in [6.45, 7) is 4.20. The van der Waals surface area contributed by atoms with Gasteiger partial charge in [0.25, 0.3) is 5.91 Å². The highest BCUT2D eigenvalue weighted by Gasteiger charge is 2.46. The van der Waals surface area contributed by atoms with Gasteiger partial charge in [-0.25, -0.2) is 4.39 Å². The summed E-state index contributed by atoms with van der Waals surface area (Å²) in [6, 6.07) is 7.54. The molecule has 0 bridgehead atoms. The summed E-state index contributed by atoms with van der Waals surface area (Å²) in [7, 11) is 0. The van der Waals surface area contributed by atoms with Gasteiger partial charge in [-0.2, -0.15) is 0 Å². The van der Waals surface area contributed by atoms with Crippen LogP contribution < -0.4 is 15.6 Å². The Morgan fingerprint density at radius 2 is 2.12 bits per heavy atom. The quantitative estimate of drug-likeness (QED) is 0.842. The molecule has 132 valence electrons. The van der Waals surface area contributed by atoms with Crippen LogP contribution in [-0.4, -0.2) is 17.5 Å². The van der Waals surface area contributed by atoms with Gasteiger partial charge >= 0.3 is 0 Å². The molecule has 1 atom stereocenters. The number of amides is 1. The summed E-state index contributed by atoms with van der Waals surface area (Å²) in [5, 5.41) is 2.66. The van der Waals surface area contributed by atoms with E-state index in [1.165, 1.54) is 12.3 Å². The van der Waals surface area contributed by atoms with Crippen molar-refractivity contribution in [3.8, 4) is 5.75 Å². The van der Waals surface area contributed by atoms with Crippen molar-refractivity contribution in [3.63, 3.8) is 0 Å². The summed E-state index contributed by atoms with van der Waals surface area (Å²) in [5.41, 5.74) is 1.11. The van der Waals surface area contributed by atoms with Crippen LogP contribution in [0.1, 0.15) is 36.2 Å². The molecular formula is C19H21FN2O3. The van der Waals surface area contributed by atoms with Crippen LogP contribution in [0.2, 0.25) is 0 Å². The molecule has 25 heavy (non-hydrogen) atoms. The number of hydrogen-bond acceptors (Lipinski definition) is 3. The van der Waals surface area contributed by atoms with Crippen molar-refractivity contribution in [2.24, 2.45) is 11.3 Å². The fraction of sp³-hybridized carbons (Fsp3) is 0.368. The third-order valence-corrected chi connectivity index (χ3v) is 4.64. The SMILES string of the molecule is CC1(C)CC1COc1cc(CF)ccc1C(=O)Nc1cc[nH]c(=O)c1. The number of H-pyrrole nitrogens is 1. The Hall–Kier alpha value is -2.63. The molecule has 1 fully saturated rings. The van der Waals surface area contributed by atoms with Gasteiger partial charge in [-0.1, -0.05) is 19.9 Å². The molecule has 1 aliphatic carbocycles. The number of alkyl halides is 1. The van der Waals surface area contributed by atoms with E-state index in [0.29, 0.717) is 35.1 Å². The molecule has 2 aromatic rings. The lowest BCUT2D eigenvalue weighted by Crippen LogP contribution is -2.16. The Morgan fingerprint density at radius 3 is 2.76 bits per heavy atom. The van der Waals surface area contributed by atoms with Gasteiger partial charge in [-0.3, -0.25) is 9.59 Å². The van der Waals surface area contributed by atoms with Gasteiger partial charge < -0.3 is 15.0 Å². The first-order valence-electron chi connectivity index (χ1n) is 8.21. The molecule has 0 spiro atoms. The largest absolute Gasteiger partial charge is 0.492 e. The molecule has 1 unspecified atom stereocenters. The van der Waals surface area contributed by atoms with E-state index in [2.05, 4.69) is 24.1 Å². The maximum absolute atomic E-state index is 13.0. The Morgan fingerprint density at radius 1 is 1.36 bits per heavy atom. The van der Waals surface area contributed by atoms with Crippen molar-refractivity contribution in [1.82, 2.24) is 4.98 Å². The molecule has 1 aromatic carbocycles. The summed E-state index contributed by atoms with van der Waals surface area (Å²) >= 11 is 0. The fourth-order valence-corrected chi connectivity index (χ4v) is 2.73. The first-order chi connectivity index (χ1) is 11.9. The smallest absolute Gasteiger partial charge is 0.259 e. The van der Waals surface area contributed by atoms with Crippen LogP contribution >= 0.6 is 0 Å². The van der Waals surface area contributed by atoms with Gasteiger partial charge in [-0.15, -0.1) is 0 Å². The minimum absolute atomic E-state index is 0.255. The summed E-state index contributed by atoms with van der Waals surface area (Å²) in [6.07, 6.45) is 2.53. The van der Waals surface area contributed by atoms with Gasteiger partial charge in [-0.05, 0) is 41.5 Å². The Kier molecular flexibility index (Phi) is 4.61. The number of halogens is 1. The number of ether oxygens (including phenoxy) is 1. The minimum atomic E-state index is -0.624. The van der Waals surface area contributed by atoms with E-state index in [-0.39, 0.29) is 11.0 Å². The van der Waals surface area contributed by atoms with Gasteiger partial charge in [0.1, 0.15) is 12.4 Å². The standard InChI is InChI=1S/C19H21FN2O3/c1-19(2)9-13(19)11-25-16-7-12(10-20)3-4-15(16)18(24)22-14-5-6-21-17(23)8-14/h3-8,13H,9-11H2,1-2H3,(H2,21,22,23,24). The predicted molar refractivity (Wildman–Crippen MR) is 93.7 cm³/mol. The maximum Gasteiger partial charge on any atom is 0.259 e. The molecule has 0 aliphatic heterocycles. The van der Waals surface area contributed by atoms with Gasteiger partial charge in [0, 0.05) is 18.0 Å². The Bertz CT molecular complexity index is 845. The van der Waals surface area contributed by atoms with E-state index in [1.807, 2.05) is 0 Å². The second-order valence-corrected chi connectivity index (χ2v) is 7.06. The molecule has 0 radical (unpaired) electrons. The number of carbonyl (C=O) groups excluding carboxylic acids is 1. The van der Waals surface area contributed by atoms with E-state index < -0.39 is 12.6 Å². The second-order valence-electron chi connectivity index (χ2n) is 7.06. The molecule has 1 saturated carbocycles. The monoisotopic (exact) mass is 344 g/mol. The molecule has 1 aromatic heterocycles. The summed E-state index contributed by atoms with van der Waals surface area (Å²) in [5.74, 6) is 0.395. The molecule has 6 heteroatoms. The lowest BCUT2D eigenvalue weighted by atomic mass is 10.1. The van der Waals surface area contributed by atoms with Crippen LogP contribution in [0.5, 0.6) is 5.75 Å². The molecule has 1 heterocycles. The first-order valence-corrected chi connectivity index (χ1v) is 8.21. The number of benzene rings is 1. The van der Waals surface area contributed by atoms with Crippen molar-refractivity contribution in [3.05, 3.63) is 58.0 Å². The number of hydrogen-bond donors (Lipinski definition) is 2. The van der Waals surface area contributed by atoms with Crippen molar-refractivity contribution in [2.45, 2.75) is 26.9 Å².